The van der Waals surface area contributed by atoms with Gasteiger partial charge in [0, 0.05) is 12.2 Å². The highest BCUT2D eigenvalue weighted by molar-refractivity contribution is 7.91. The standard InChI is InChI=1S/C19H19FN2O3S/c1-13-2-8-16(9-3-13)22-18-12-26(24,25)11-17(18)21(19(22)23)10-14-4-6-15(20)7-5-14/h2-9,17-18H,10-12H2,1H3/t17-,18+/m0/s1. The van der Waals surface area contributed by atoms with Crippen molar-refractivity contribution in [2.24, 2.45) is 0 Å². The van der Waals surface area contributed by atoms with Crippen LogP contribution in [0.1, 0.15) is 11.1 Å². The third-order valence-electron chi connectivity index (χ3n) is 5.06. The van der Waals surface area contributed by atoms with E-state index in [0.717, 1.165) is 11.1 Å². The Labute approximate surface area is 152 Å². The van der Waals surface area contributed by atoms with Gasteiger partial charge in [0.2, 0.25) is 0 Å². The number of aryl methyl sites for hydroxylation is 1. The van der Waals surface area contributed by atoms with Crippen molar-refractivity contribution in [3.05, 3.63) is 65.5 Å². The molecule has 5 nitrogen and oxygen atoms in total. The molecule has 2 aliphatic heterocycles. The van der Waals surface area contributed by atoms with Crippen molar-refractivity contribution in [3.8, 4) is 0 Å². The summed E-state index contributed by atoms with van der Waals surface area (Å²) < 4.78 is 37.6. The molecule has 136 valence electrons. The molecule has 2 aliphatic rings. The van der Waals surface area contributed by atoms with E-state index < -0.39 is 15.9 Å². The molecule has 0 spiro atoms. The van der Waals surface area contributed by atoms with Gasteiger partial charge < -0.3 is 4.90 Å². The van der Waals surface area contributed by atoms with E-state index in [4.69, 9.17) is 0 Å². The lowest BCUT2D eigenvalue weighted by Crippen LogP contribution is -2.37. The molecular weight excluding hydrogens is 355 g/mol. The monoisotopic (exact) mass is 374 g/mol. The number of urea groups is 1. The highest BCUT2D eigenvalue weighted by Crippen LogP contribution is 2.36. The van der Waals surface area contributed by atoms with Gasteiger partial charge in [0.15, 0.2) is 9.84 Å². The number of hydrogen-bond donors (Lipinski definition) is 0. The summed E-state index contributed by atoms with van der Waals surface area (Å²) in [4.78, 5) is 16.3. The minimum absolute atomic E-state index is 0.0306. The number of nitrogens with zero attached hydrogens (tertiary/aromatic N) is 2. The number of carbonyl (C=O) groups excluding carboxylic acids is 1. The van der Waals surface area contributed by atoms with Crippen LogP contribution in [0.5, 0.6) is 0 Å². The maximum absolute atomic E-state index is 13.1. The zero-order valence-electron chi connectivity index (χ0n) is 14.3. The summed E-state index contributed by atoms with van der Waals surface area (Å²) in [6, 6.07) is 12.4. The summed E-state index contributed by atoms with van der Waals surface area (Å²) in [5.74, 6) is -0.409. The summed E-state index contributed by atoms with van der Waals surface area (Å²) in [6.45, 7) is 2.22. The molecule has 0 aromatic heterocycles. The summed E-state index contributed by atoms with van der Waals surface area (Å²) in [7, 11) is -3.21. The van der Waals surface area contributed by atoms with Crippen molar-refractivity contribution in [2.45, 2.75) is 25.6 Å². The molecule has 26 heavy (non-hydrogen) atoms. The van der Waals surface area contributed by atoms with Crippen LogP contribution in [-0.2, 0) is 16.4 Å². The van der Waals surface area contributed by atoms with Crippen molar-refractivity contribution in [3.63, 3.8) is 0 Å². The maximum atomic E-state index is 13.1. The Kier molecular flexibility index (Phi) is 3.99. The lowest BCUT2D eigenvalue weighted by molar-refractivity contribution is 0.206. The summed E-state index contributed by atoms with van der Waals surface area (Å²) in [5, 5.41) is 0. The van der Waals surface area contributed by atoms with Crippen molar-refractivity contribution >= 4 is 21.6 Å². The van der Waals surface area contributed by atoms with Gasteiger partial charge >= 0.3 is 6.03 Å². The minimum atomic E-state index is -3.21. The molecule has 2 aromatic rings. The van der Waals surface area contributed by atoms with E-state index in [1.165, 1.54) is 12.1 Å². The minimum Gasteiger partial charge on any atom is -0.314 e. The Hall–Kier alpha value is -2.41. The average molecular weight is 374 g/mol. The van der Waals surface area contributed by atoms with E-state index in [1.807, 2.05) is 31.2 Å². The molecule has 0 aliphatic carbocycles. The molecule has 0 unspecified atom stereocenters. The normalized spacial score (nSPS) is 24.2. The Morgan fingerprint density at radius 1 is 1.00 bits per heavy atom. The molecule has 0 radical (unpaired) electrons. The Morgan fingerprint density at radius 2 is 1.62 bits per heavy atom. The molecule has 7 heteroatoms. The van der Waals surface area contributed by atoms with Gasteiger partial charge in [-0.2, -0.15) is 0 Å². The van der Waals surface area contributed by atoms with Crippen LogP contribution in [0.2, 0.25) is 0 Å². The van der Waals surface area contributed by atoms with Crippen molar-refractivity contribution in [1.82, 2.24) is 4.90 Å². The van der Waals surface area contributed by atoms with Crippen LogP contribution in [-0.4, -0.2) is 42.9 Å². The number of rotatable bonds is 3. The van der Waals surface area contributed by atoms with E-state index in [0.29, 0.717) is 5.69 Å². The fourth-order valence-corrected chi connectivity index (χ4v) is 5.71. The van der Waals surface area contributed by atoms with Crippen molar-refractivity contribution in [1.29, 1.82) is 0 Å². The second kappa shape index (κ2) is 6.09. The fourth-order valence-electron chi connectivity index (χ4n) is 3.76. The van der Waals surface area contributed by atoms with E-state index in [-0.39, 0.29) is 35.9 Å². The SMILES string of the molecule is Cc1ccc(N2C(=O)N(Cc3ccc(F)cc3)[C@H]3CS(=O)(=O)C[C@H]32)cc1. The van der Waals surface area contributed by atoms with Gasteiger partial charge in [0.25, 0.3) is 0 Å². The first-order valence-electron chi connectivity index (χ1n) is 8.45. The van der Waals surface area contributed by atoms with Crippen molar-refractivity contribution < 1.29 is 17.6 Å². The van der Waals surface area contributed by atoms with Crippen LogP contribution < -0.4 is 4.90 Å². The first-order valence-corrected chi connectivity index (χ1v) is 10.3. The molecule has 2 saturated heterocycles. The van der Waals surface area contributed by atoms with Crippen LogP contribution in [0, 0.1) is 12.7 Å². The smallest absolute Gasteiger partial charge is 0.314 e. The maximum Gasteiger partial charge on any atom is 0.325 e. The number of anilines is 1. The molecule has 2 heterocycles. The zero-order chi connectivity index (χ0) is 18.5. The van der Waals surface area contributed by atoms with Gasteiger partial charge in [-0.25, -0.2) is 17.6 Å². The van der Waals surface area contributed by atoms with E-state index in [1.54, 1.807) is 21.9 Å². The number of halogens is 1. The molecule has 2 amide bonds. The predicted octanol–water partition coefficient (Wildman–Crippen LogP) is 2.74. The Balaban J connectivity index is 1.69. The highest BCUT2D eigenvalue weighted by Gasteiger charge is 2.53. The van der Waals surface area contributed by atoms with Gasteiger partial charge in [0.05, 0.1) is 23.6 Å². The average Bonchev–Trinajstić information content (AvgIpc) is 3.02. The van der Waals surface area contributed by atoms with Gasteiger partial charge in [-0.1, -0.05) is 29.8 Å². The molecule has 0 N–H and O–H groups in total. The predicted molar refractivity (Wildman–Crippen MR) is 97.2 cm³/mol. The van der Waals surface area contributed by atoms with Gasteiger partial charge in [-0.15, -0.1) is 0 Å². The fraction of sp³-hybridized carbons (Fsp3) is 0.316. The number of amides is 2. The highest BCUT2D eigenvalue weighted by atomic mass is 32.2. The first-order chi connectivity index (χ1) is 12.3. The number of sulfone groups is 1. The number of benzene rings is 2. The van der Waals surface area contributed by atoms with Crippen LogP contribution >= 0.6 is 0 Å². The third kappa shape index (κ3) is 2.96. The quantitative estimate of drug-likeness (QED) is 0.777. The van der Waals surface area contributed by atoms with Gasteiger partial charge in [0.1, 0.15) is 5.82 Å². The Bertz CT molecular complexity index is 942. The van der Waals surface area contributed by atoms with Crippen LogP contribution in [0.15, 0.2) is 48.5 Å². The van der Waals surface area contributed by atoms with E-state index >= 15 is 0 Å². The van der Waals surface area contributed by atoms with E-state index in [2.05, 4.69) is 0 Å². The second-order valence-corrected chi connectivity index (χ2v) is 9.11. The molecule has 4 rings (SSSR count). The molecule has 2 aromatic carbocycles. The zero-order valence-corrected chi connectivity index (χ0v) is 15.1. The first kappa shape index (κ1) is 17.0. The van der Waals surface area contributed by atoms with Crippen molar-refractivity contribution in [2.75, 3.05) is 16.4 Å². The summed E-state index contributed by atoms with van der Waals surface area (Å²) in [5.41, 5.74) is 2.54. The second-order valence-electron chi connectivity index (χ2n) is 6.95. The molecule has 0 bridgehead atoms. The van der Waals surface area contributed by atoms with Gasteiger partial charge in [-0.3, -0.25) is 4.90 Å². The number of fused-ring (bicyclic) bond motifs is 1. The molecule has 2 atom stereocenters. The van der Waals surface area contributed by atoms with E-state index in [9.17, 15) is 17.6 Å². The van der Waals surface area contributed by atoms with Gasteiger partial charge in [-0.05, 0) is 36.8 Å². The summed E-state index contributed by atoms with van der Waals surface area (Å²) >= 11 is 0. The largest absolute Gasteiger partial charge is 0.325 e. The topological polar surface area (TPSA) is 57.7 Å². The number of hydrogen-bond acceptors (Lipinski definition) is 3. The van der Waals surface area contributed by atoms with Crippen LogP contribution in [0.25, 0.3) is 0 Å². The number of carbonyl (C=O) groups is 1. The molecular formula is C19H19FN2O3S. The molecule has 2 fully saturated rings. The lowest BCUT2D eigenvalue weighted by Gasteiger charge is -2.22. The Morgan fingerprint density at radius 3 is 2.27 bits per heavy atom. The van der Waals surface area contributed by atoms with Crippen LogP contribution in [0.3, 0.4) is 0 Å². The summed E-state index contributed by atoms with van der Waals surface area (Å²) in [6.07, 6.45) is 0. The molecule has 0 saturated carbocycles. The third-order valence-corrected chi connectivity index (χ3v) is 6.75. The van der Waals surface area contributed by atoms with Crippen LogP contribution in [0.4, 0.5) is 14.9 Å². The lowest BCUT2D eigenvalue weighted by atomic mass is 10.1.